The summed E-state index contributed by atoms with van der Waals surface area (Å²) in [6.07, 6.45) is 0. The molecule has 2 rings (SSSR count). The molecule has 3 N–H and O–H groups in total. The Hall–Kier alpha value is -1.43. The summed E-state index contributed by atoms with van der Waals surface area (Å²) >= 11 is 11.7. The van der Waals surface area contributed by atoms with E-state index in [0.29, 0.717) is 16.3 Å². The van der Waals surface area contributed by atoms with E-state index in [9.17, 15) is 8.42 Å². The number of halogens is 2. The third-order valence-electron chi connectivity index (χ3n) is 2.50. The van der Waals surface area contributed by atoms with Gasteiger partial charge in [-0.2, -0.15) is 0 Å². The highest BCUT2D eigenvalue weighted by atomic mass is 35.5. The number of hydrogen-bond donors (Lipinski definition) is 2. The maximum Gasteiger partial charge on any atom is 0.236 e. The van der Waals surface area contributed by atoms with Crippen LogP contribution in [0.25, 0.3) is 0 Å². The van der Waals surface area contributed by atoms with Gasteiger partial charge in [0.05, 0.1) is 16.5 Å². The monoisotopic (exact) mass is 330 g/mol. The van der Waals surface area contributed by atoms with Crippen molar-refractivity contribution in [1.29, 1.82) is 0 Å². The van der Waals surface area contributed by atoms with E-state index in [1.807, 2.05) is 0 Å². The minimum absolute atomic E-state index is 0.194. The molecule has 106 valence electrons. The lowest BCUT2D eigenvalue weighted by molar-refractivity contribution is 0.600. The summed E-state index contributed by atoms with van der Waals surface area (Å²) in [5.41, 5.74) is 6.98. The van der Waals surface area contributed by atoms with Crippen LogP contribution in [0, 0.1) is 0 Å². The van der Waals surface area contributed by atoms with Crippen LogP contribution in [0.1, 0.15) is 5.56 Å². The van der Waals surface area contributed by atoms with Gasteiger partial charge in [-0.15, -0.1) is 0 Å². The predicted octanol–water partition coefficient (Wildman–Crippen LogP) is 3.52. The third-order valence-corrected chi connectivity index (χ3v) is 4.31. The quantitative estimate of drug-likeness (QED) is 0.842. The predicted molar refractivity (Wildman–Crippen MR) is 83.6 cm³/mol. The minimum Gasteiger partial charge on any atom is -0.399 e. The topological polar surface area (TPSA) is 72.2 Å². The Bertz CT molecular complexity index is 733. The largest absolute Gasteiger partial charge is 0.399 e. The lowest BCUT2D eigenvalue weighted by Crippen LogP contribution is -2.15. The van der Waals surface area contributed by atoms with Crippen LogP contribution in [0.2, 0.25) is 10.0 Å². The van der Waals surface area contributed by atoms with Gasteiger partial charge in [0.15, 0.2) is 0 Å². The van der Waals surface area contributed by atoms with Crippen molar-refractivity contribution in [3.8, 4) is 0 Å². The van der Waals surface area contributed by atoms with Gasteiger partial charge in [0, 0.05) is 10.7 Å². The zero-order chi connectivity index (χ0) is 14.8. The summed E-state index contributed by atoms with van der Waals surface area (Å²) in [6, 6.07) is 11.3. The van der Waals surface area contributed by atoms with Crippen molar-refractivity contribution in [1.82, 2.24) is 0 Å². The summed E-state index contributed by atoms with van der Waals surface area (Å²) in [4.78, 5) is 0. The molecule has 2 aromatic rings. The molecular formula is C13H12Cl2N2O2S. The molecule has 0 atom stereocenters. The molecule has 20 heavy (non-hydrogen) atoms. The molecule has 0 aliphatic rings. The Kier molecular flexibility index (Phi) is 4.42. The summed E-state index contributed by atoms with van der Waals surface area (Å²) in [6.45, 7) is 0. The standard InChI is InChI=1S/C13H12Cl2N2O2S/c14-10-4-5-12(15)13(7-10)17-20(18,19)8-9-2-1-3-11(16)6-9/h1-7,17H,8,16H2. The van der Waals surface area contributed by atoms with Gasteiger partial charge in [-0.05, 0) is 35.9 Å². The fourth-order valence-electron chi connectivity index (χ4n) is 1.68. The van der Waals surface area contributed by atoms with E-state index in [1.54, 1.807) is 30.3 Å². The smallest absolute Gasteiger partial charge is 0.236 e. The van der Waals surface area contributed by atoms with E-state index in [-0.39, 0.29) is 16.5 Å². The summed E-state index contributed by atoms with van der Waals surface area (Å²) in [7, 11) is -3.59. The van der Waals surface area contributed by atoms with Crippen molar-refractivity contribution in [2.24, 2.45) is 0 Å². The van der Waals surface area contributed by atoms with Crippen molar-refractivity contribution in [3.05, 3.63) is 58.1 Å². The maximum atomic E-state index is 12.1. The maximum absolute atomic E-state index is 12.1. The zero-order valence-corrected chi connectivity index (χ0v) is 12.6. The highest BCUT2D eigenvalue weighted by molar-refractivity contribution is 7.91. The van der Waals surface area contributed by atoms with E-state index < -0.39 is 10.0 Å². The number of rotatable bonds is 4. The first-order valence-corrected chi connectivity index (χ1v) is 8.06. The molecule has 0 aliphatic heterocycles. The lowest BCUT2D eigenvalue weighted by atomic mass is 10.2. The molecule has 2 aromatic carbocycles. The molecule has 0 aliphatic carbocycles. The summed E-state index contributed by atoms with van der Waals surface area (Å²) in [5.74, 6) is -0.194. The van der Waals surface area contributed by atoms with Crippen molar-refractivity contribution in [2.75, 3.05) is 10.5 Å². The number of anilines is 2. The highest BCUT2D eigenvalue weighted by Gasteiger charge is 2.14. The Balaban J connectivity index is 2.21. The first-order valence-electron chi connectivity index (χ1n) is 5.66. The Morgan fingerprint density at radius 1 is 1.10 bits per heavy atom. The second-order valence-electron chi connectivity index (χ2n) is 4.23. The van der Waals surface area contributed by atoms with E-state index in [2.05, 4.69) is 4.72 Å². The van der Waals surface area contributed by atoms with Crippen LogP contribution in [0.3, 0.4) is 0 Å². The molecule has 4 nitrogen and oxygen atoms in total. The van der Waals surface area contributed by atoms with Crippen molar-refractivity contribution in [3.63, 3.8) is 0 Å². The summed E-state index contributed by atoms with van der Waals surface area (Å²) in [5, 5.41) is 0.682. The molecular weight excluding hydrogens is 319 g/mol. The third kappa shape index (κ3) is 4.03. The first kappa shape index (κ1) is 15.0. The lowest BCUT2D eigenvalue weighted by Gasteiger charge is -2.10. The Morgan fingerprint density at radius 2 is 1.85 bits per heavy atom. The molecule has 0 amide bonds. The molecule has 0 fully saturated rings. The Morgan fingerprint density at radius 3 is 2.55 bits per heavy atom. The van der Waals surface area contributed by atoms with E-state index in [4.69, 9.17) is 28.9 Å². The van der Waals surface area contributed by atoms with Gasteiger partial charge in [0.2, 0.25) is 10.0 Å². The van der Waals surface area contributed by atoms with Crippen LogP contribution in [0.15, 0.2) is 42.5 Å². The molecule has 0 saturated heterocycles. The molecule has 7 heteroatoms. The van der Waals surface area contributed by atoms with Crippen LogP contribution in [-0.4, -0.2) is 8.42 Å². The molecule has 0 bridgehead atoms. The van der Waals surface area contributed by atoms with Crippen LogP contribution in [0.4, 0.5) is 11.4 Å². The molecule has 0 heterocycles. The molecule has 0 unspecified atom stereocenters. The van der Waals surface area contributed by atoms with Crippen LogP contribution in [0.5, 0.6) is 0 Å². The number of nitrogens with one attached hydrogen (secondary N) is 1. The van der Waals surface area contributed by atoms with Gasteiger partial charge >= 0.3 is 0 Å². The van der Waals surface area contributed by atoms with Gasteiger partial charge in [-0.1, -0.05) is 35.3 Å². The van der Waals surface area contributed by atoms with E-state index >= 15 is 0 Å². The molecule has 0 spiro atoms. The van der Waals surface area contributed by atoms with Gasteiger partial charge in [0.1, 0.15) is 0 Å². The normalized spacial score (nSPS) is 11.3. The fraction of sp³-hybridized carbons (Fsp3) is 0.0769. The van der Waals surface area contributed by atoms with Crippen LogP contribution < -0.4 is 10.5 Å². The number of nitrogen functional groups attached to an aromatic ring is 1. The Labute approximate surface area is 127 Å². The van der Waals surface area contributed by atoms with Crippen molar-refractivity contribution < 1.29 is 8.42 Å². The molecule has 0 aromatic heterocycles. The molecule has 0 saturated carbocycles. The number of hydrogen-bond acceptors (Lipinski definition) is 3. The number of nitrogens with two attached hydrogens (primary N) is 1. The minimum atomic E-state index is -3.59. The van der Waals surface area contributed by atoms with Crippen LogP contribution >= 0.6 is 23.2 Å². The van der Waals surface area contributed by atoms with Gasteiger partial charge in [-0.25, -0.2) is 8.42 Å². The second-order valence-corrected chi connectivity index (χ2v) is 6.80. The summed E-state index contributed by atoms with van der Waals surface area (Å²) < 4.78 is 26.6. The van der Waals surface area contributed by atoms with Gasteiger partial charge in [0.25, 0.3) is 0 Å². The molecule has 0 radical (unpaired) electrons. The van der Waals surface area contributed by atoms with Crippen molar-refractivity contribution in [2.45, 2.75) is 5.75 Å². The van der Waals surface area contributed by atoms with Crippen LogP contribution in [-0.2, 0) is 15.8 Å². The zero-order valence-electron chi connectivity index (χ0n) is 10.3. The average molecular weight is 331 g/mol. The fourth-order valence-corrected chi connectivity index (χ4v) is 3.27. The highest BCUT2D eigenvalue weighted by Crippen LogP contribution is 2.26. The number of sulfonamides is 1. The van der Waals surface area contributed by atoms with Gasteiger partial charge < -0.3 is 5.73 Å². The van der Waals surface area contributed by atoms with Crippen molar-refractivity contribution >= 4 is 44.6 Å². The first-order chi connectivity index (χ1) is 9.35. The van der Waals surface area contributed by atoms with Gasteiger partial charge in [-0.3, -0.25) is 4.72 Å². The second kappa shape index (κ2) is 5.91. The SMILES string of the molecule is Nc1cccc(CS(=O)(=O)Nc2cc(Cl)ccc2Cl)c1. The van der Waals surface area contributed by atoms with E-state index in [1.165, 1.54) is 12.1 Å². The van der Waals surface area contributed by atoms with E-state index in [0.717, 1.165) is 0 Å². The average Bonchev–Trinajstić information content (AvgIpc) is 2.33. The number of benzene rings is 2.